The van der Waals surface area contributed by atoms with Crippen molar-refractivity contribution < 1.29 is 9.66 Å². The van der Waals surface area contributed by atoms with Gasteiger partial charge >= 0.3 is 0 Å². The number of halogens is 1. The van der Waals surface area contributed by atoms with Crippen LogP contribution < -0.4 is 10.6 Å². The number of nitro groups is 1. The average molecular weight is 450 g/mol. The van der Waals surface area contributed by atoms with Gasteiger partial charge in [-0.1, -0.05) is 39.8 Å². The fraction of sp³-hybridized carbons (Fsp3) is 0.176. The number of nitrogens with zero attached hydrogens (tertiary/aromatic N) is 4. The molecule has 3 rings (SSSR count). The average Bonchev–Trinajstić information content (AvgIpc) is 3.03. The molecule has 8 nitrogen and oxygen atoms in total. The van der Waals surface area contributed by atoms with Crippen LogP contribution in [0.3, 0.4) is 0 Å². The number of nitrogen functional groups attached to an aromatic ring is 1. The molecule has 0 aliphatic carbocycles. The molecule has 0 atom stereocenters. The van der Waals surface area contributed by atoms with Crippen molar-refractivity contribution in [2.45, 2.75) is 11.6 Å². The molecule has 140 valence electrons. The van der Waals surface area contributed by atoms with Gasteiger partial charge in [0.15, 0.2) is 5.82 Å². The van der Waals surface area contributed by atoms with Gasteiger partial charge in [-0.2, -0.15) is 0 Å². The smallest absolute Gasteiger partial charge is 0.269 e. The largest absolute Gasteiger partial charge is 0.494 e. The Labute approximate surface area is 168 Å². The van der Waals surface area contributed by atoms with Crippen LogP contribution >= 0.6 is 27.7 Å². The van der Waals surface area contributed by atoms with Crippen LogP contribution in [-0.4, -0.2) is 32.2 Å². The van der Waals surface area contributed by atoms with Crippen LogP contribution in [0.4, 0.5) is 5.69 Å². The van der Waals surface area contributed by atoms with Crippen LogP contribution in [0.25, 0.3) is 11.4 Å². The van der Waals surface area contributed by atoms with Gasteiger partial charge in [0, 0.05) is 27.9 Å². The summed E-state index contributed by atoms with van der Waals surface area (Å²) in [5.74, 6) is 8.05. The van der Waals surface area contributed by atoms with Crippen molar-refractivity contribution in [3.05, 3.63) is 63.1 Å². The van der Waals surface area contributed by atoms with E-state index in [1.54, 1.807) is 12.1 Å². The summed E-state index contributed by atoms with van der Waals surface area (Å²) >= 11 is 4.98. The summed E-state index contributed by atoms with van der Waals surface area (Å²) in [5, 5.41) is 19.5. The summed E-state index contributed by atoms with van der Waals surface area (Å²) in [7, 11) is 0. The highest BCUT2D eigenvalue weighted by Crippen LogP contribution is 2.28. The zero-order valence-corrected chi connectivity index (χ0v) is 16.5. The Kier molecular flexibility index (Phi) is 6.30. The van der Waals surface area contributed by atoms with E-state index < -0.39 is 4.92 Å². The lowest BCUT2D eigenvalue weighted by Gasteiger charge is -2.06. The molecule has 0 bridgehead atoms. The Morgan fingerprint density at radius 2 is 1.93 bits per heavy atom. The van der Waals surface area contributed by atoms with Crippen LogP contribution in [0.5, 0.6) is 5.75 Å². The highest BCUT2D eigenvalue weighted by molar-refractivity contribution is 9.10. The normalized spacial score (nSPS) is 10.7. The minimum atomic E-state index is -0.439. The standard InChI is InChI=1S/C17H16BrN5O3S/c18-15-5-2-1-4-14(15)16-20-21-17(22(16)19)27-11-3-10-26-13-8-6-12(7-9-13)23(24)25/h1-2,4-9H,3,10-11,19H2. The molecule has 27 heavy (non-hydrogen) atoms. The Balaban J connectivity index is 1.48. The molecule has 0 unspecified atom stereocenters. The third-order valence-electron chi connectivity index (χ3n) is 3.62. The molecule has 1 heterocycles. The predicted octanol–water partition coefficient (Wildman–Crippen LogP) is 3.89. The van der Waals surface area contributed by atoms with Crippen LogP contribution in [0.15, 0.2) is 58.2 Å². The monoisotopic (exact) mass is 449 g/mol. The minimum Gasteiger partial charge on any atom is -0.494 e. The number of hydrogen-bond donors (Lipinski definition) is 1. The number of rotatable bonds is 8. The van der Waals surface area contributed by atoms with E-state index in [0.717, 1.165) is 22.2 Å². The summed E-state index contributed by atoms with van der Waals surface area (Å²) in [5.41, 5.74) is 0.918. The predicted molar refractivity (Wildman–Crippen MR) is 107 cm³/mol. The first kappa shape index (κ1) is 19.2. The third-order valence-corrected chi connectivity index (χ3v) is 5.34. The molecule has 0 aliphatic heterocycles. The number of benzene rings is 2. The molecule has 0 aliphatic rings. The van der Waals surface area contributed by atoms with E-state index in [4.69, 9.17) is 10.6 Å². The lowest BCUT2D eigenvalue weighted by Crippen LogP contribution is -2.12. The molecule has 2 aromatic carbocycles. The maximum absolute atomic E-state index is 10.6. The van der Waals surface area contributed by atoms with Crippen molar-refractivity contribution in [2.75, 3.05) is 18.2 Å². The summed E-state index contributed by atoms with van der Waals surface area (Å²) in [6, 6.07) is 13.7. The van der Waals surface area contributed by atoms with Crippen LogP contribution in [0.2, 0.25) is 0 Å². The van der Waals surface area contributed by atoms with Crippen LogP contribution in [0.1, 0.15) is 6.42 Å². The number of ether oxygens (including phenoxy) is 1. The van der Waals surface area contributed by atoms with Crippen molar-refractivity contribution in [1.29, 1.82) is 0 Å². The molecule has 0 spiro atoms. The van der Waals surface area contributed by atoms with Gasteiger partial charge in [-0.3, -0.25) is 10.1 Å². The van der Waals surface area contributed by atoms with Crippen molar-refractivity contribution in [2.24, 2.45) is 0 Å². The van der Waals surface area contributed by atoms with Gasteiger partial charge in [-0.25, -0.2) is 4.68 Å². The van der Waals surface area contributed by atoms with E-state index in [0.29, 0.717) is 23.3 Å². The Bertz CT molecular complexity index is 933. The van der Waals surface area contributed by atoms with Crippen molar-refractivity contribution in [1.82, 2.24) is 14.9 Å². The van der Waals surface area contributed by atoms with E-state index in [1.165, 1.54) is 28.6 Å². The SMILES string of the molecule is Nn1c(SCCCOc2ccc([N+](=O)[O-])cc2)nnc1-c1ccccc1Br. The zero-order chi connectivity index (χ0) is 19.2. The van der Waals surface area contributed by atoms with Gasteiger partial charge in [0.05, 0.1) is 11.5 Å². The highest BCUT2D eigenvalue weighted by atomic mass is 79.9. The number of nitro benzene ring substituents is 1. The molecule has 0 saturated heterocycles. The van der Waals surface area contributed by atoms with Gasteiger partial charge < -0.3 is 10.6 Å². The molecule has 3 aromatic rings. The Hall–Kier alpha value is -2.59. The summed E-state index contributed by atoms with van der Waals surface area (Å²) in [6.45, 7) is 0.487. The fourth-order valence-corrected chi connectivity index (χ4v) is 3.51. The zero-order valence-electron chi connectivity index (χ0n) is 14.1. The second-order valence-corrected chi connectivity index (χ2v) is 7.37. The third kappa shape index (κ3) is 4.77. The summed E-state index contributed by atoms with van der Waals surface area (Å²) < 4.78 is 7.96. The fourth-order valence-electron chi connectivity index (χ4n) is 2.28. The number of hydrogen-bond acceptors (Lipinski definition) is 7. The molecule has 0 amide bonds. The molecule has 0 radical (unpaired) electrons. The van der Waals surface area contributed by atoms with Crippen molar-refractivity contribution >= 4 is 33.4 Å². The van der Waals surface area contributed by atoms with E-state index >= 15 is 0 Å². The van der Waals surface area contributed by atoms with Crippen LogP contribution in [0, 0.1) is 10.1 Å². The molecular weight excluding hydrogens is 434 g/mol. The van der Waals surface area contributed by atoms with Gasteiger partial charge in [0.1, 0.15) is 5.75 Å². The van der Waals surface area contributed by atoms with Gasteiger partial charge in [-0.15, -0.1) is 10.2 Å². The van der Waals surface area contributed by atoms with E-state index in [1.807, 2.05) is 24.3 Å². The lowest BCUT2D eigenvalue weighted by molar-refractivity contribution is -0.384. The van der Waals surface area contributed by atoms with Crippen molar-refractivity contribution in [3.63, 3.8) is 0 Å². The maximum Gasteiger partial charge on any atom is 0.269 e. The lowest BCUT2D eigenvalue weighted by atomic mass is 10.2. The first-order chi connectivity index (χ1) is 13.1. The van der Waals surface area contributed by atoms with Gasteiger partial charge in [0.2, 0.25) is 5.16 Å². The summed E-state index contributed by atoms with van der Waals surface area (Å²) in [4.78, 5) is 10.2. The highest BCUT2D eigenvalue weighted by Gasteiger charge is 2.14. The first-order valence-corrected chi connectivity index (χ1v) is 9.79. The molecule has 1 aromatic heterocycles. The Morgan fingerprint density at radius 1 is 1.19 bits per heavy atom. The number of aromatic nitrogens is 3. The van der Waals surface area contributed by atoms with Crippen molar-refractivity contribution in [3.8, 4) is 17.1 Å². The van der Waals surface area contributed by atoms with E-state index in [-0.39, 0.29) is 5.69 Å². The quantitative estimate of drug-likeness (QED) is 0.182. The van der Waals surface area contributed by atoms with Gasteiger partial charge in [-0.05, 0) is 30.7 Å². The van der Waals surface area contributed by atoms with Gasteiger partial charge in [0.25, 0.3) is 5.69 Å². The second kappa shape index (κ2) is 8.87. The van der Waals surface area contributed by atoms with E-state index in [9.17, 15) is 10.1 Å². The van der Waals surface area contributed by atoms with E-state index in [2.05, 4.69) is 26.1 Å². The Morgan fingerprint density at radius 3 is 2.63 bits per heavy atom. The maximum atomic E-state index is 10.6. The molecule has 10 heteroatoms. The summed E-state index contributed by atoms with van der Waals surface area (Å²) in [6.07, 6.45) is 0.763. The molecule has 0 fully saturated rings. The number of thioether (sulfide) groups is 1. The molecular formula is C17H16BrN5O3S. The molecule has 2 N–H and O–H groups in total. The number of nitrogens with two attached hydrogens (primary N) is 1. The minimum absolute atomic E-state index is 0.0426. The molecule has 0 saturated carbocycles. The topological polar surface area (TPSA) is 109 Å². The number of non-ortho nitro benzene ring substituents is 1. The first-order valence-electron chi connectivity index (χ1n) is 8.01. The second-order valence-electron chi connectivity index (χ2n) is 5.46. The van der Waals surface area contributed by atoms with Crippen LogP contribution in [-0.2, 0) is 0 Å².